The highest BCUT2D eigenvalue weighted by molar-refractivity contribution is 4.60. The van der Waals surface area contributed by atoms with Gasteiger partial charge in [-0.25, -0.2) is 0 Å². The highest BCUT2D eigenvalue weighted by Crippen LogP contribution is 2.12. The number of rotatable bonds is 23. The Bertz CT molecular complexity index is 241. The SMILES string of the molecule is CCCCCCCCCCN(CCCCCN)CCCCCCCCCC.NN. The molecule has 0 unspecified atom stereocenters. The average molecular weight is 415 g/mol. The standard InChI is InChI=1S/C25H54N2.H4N2/c1-3-5-7-9-11-13-15-19-23-27(25-21-17-18-22-26)24-20-16-14-12-10-8-6-4-2;1-2/h3-26H2,1-2H3;1-2H2. The smallest absolute Gasteiger partial charge is 0.00187 e. The van der Waals surface area contributed by atoms with Crippen LogP contribution in [0.4, 0.5) is 0 Å². The van der Waals surface area contributed by atoms with Gasteiger partial charge in [0, 0.05) is 0 Å². The van der Waals surface area contributed by atoms with Gasteiger partial charge in [0.25, 0.3) is 0 Å². The molecule has 29 heavy (non-hydrogen) atoms. The quantitative estimate of drug-likeness (QED) is 0.101. The first-order chi connectivity index (χ1) is 14.3. The van der Waals surface area contributed by atoms with Crippen molar-refractivity contribution < 1.29 is 0 Å². The molecule has 0 saturated heterocycles. The van der Waals surface area contributed by atoms with E-state index in [0.29, 0.717) is 0 Å². The molecule has 0 spiro atoms. The zero-order valence-electron chi connectivity index (χ0n) is 20.4. The third-order valence-electron chi connectivity index (χ3n) is 5.83. The minimum absolute atomic E-state index is 0.857. The van der Waals surface area contributed by atoms with Crippen LogP contribution in [0.1, 0.15) is 136 Å². The van der Waals surface area contributed by atoms with Crippen LogP contribution in [0, 0.1) is 0 Å². The number of unbranched alkanes of at least 4 members (excludes halogenated alkanes) is 16. The molecule has 0 atom stereocenters. The molecule has 0 aliphatic heterocycles. The van der Waals surface area contributed by atoms with Crippen molar-refractivity contribution in [1.29, 1.82) is 0 Å². The van der Waals surface area contributed by atoms with Crippen molar-refractivity contribution in [3.8, 4) is 0 Å². The van der Waals surface area contributed by atoms with Gasteiger partial charge >= 0.3 is 0 Å². The summed E-state index contributed by atoms with van der Waals surface area (Å²) >= 11 is 0. The Balaban J connectivity index is 0. The van der Waals surface area contributed by atoms with Crippen molar-refractivity contribution >= 4 is 0 Å². The molecular weight excluding hydrogens is 356 g/mol. The van der Waals surface area contributed by atoms with E-state index in [0.717, 1.165) is 6.54 Å². The number of hydrazine groups is 1. The first kappa shape index (κ1) is 31.0. The summed E-state index contributed by atoms with van der Waals surface area (Å²) in [5, 5.41) is 0. The van der Waals surface area contributed by atoms with E-state index >= 15 is 0 Å². The molecule has 0 fully saturated rings. The number of nitrogens with two attached hydrogens (primary N) is 3. The lowest BCUT2D eigenvalue weighted by atomic mass is 10.1. The maximum Gasteiger partial charge on any atom is -0.00187 e. The molecule has 0 aliphatic rings. The second-order valence-electron chi connectivity index (χ2n) is 8.64. The third-order valence-corrected chi connectivity index (χ3v) is 5.83. The number of hydrogen-bond donors (Lipinski definition) is 3. The molecule has 4 nitrogen and oxygen atoms in total. The minimum Gasteiger partial charge on any atom is -0.330 e. The Morgan fingerprint density at radius 3 is 1.00 bits per heavy atom. The number of nitrogens with zero attached hydrogens (tertiary/aromatic N) is 1. The van der Waals surface area contributed by atoms with Crippen LogP contribution >= 0.6 is 0 Å². The van der Waals surface area contributed by atoms with Gasteiger partial charge in [0.15, 0.2) is 0 Å². The maximum absolute atomic E-state index is 5.65. The van der Waals surface area contributed by atoms with Gasteiger partial charge in [0.1, 0.15) is 0 Å². The van der Waals surface area contributed by atoms with Gasteiger partial charge in [0.05, 0.1) is 0 Å². The molecule has 0 radical (unpaired) electrons. The summed E-state index contributed by atoms with van der Waals surface area (Å²) in [6.07, 6.45) is 26.7. The molecule has 0 aromatic rings. The summed E-state index contributed by atoms with van der Waals surface area (Å²) in [4.78, 5) is 2.75. The van der Waals surface area contributed by atoms with Crippen LogP contribution in [0.5, 0.6) is 0 Å². The molecule has 6 N–H and O–H groups in total. The topological polar surface area (TPSA) is 81.3 Å². The lowest BCUT2D eigenvalue weighted by Crippen LogP contribution is -2.27. The van der Waals surface area contributed by atoms with Crippen LogP contribution < -0.4 is 17.4 Å². The third kappa shape index (κ3) is 27.8. The molecule has 0 aromatic carbocycles. The Hall–Kier alpha value is -0.160. The Morgan fingerprint density at radius 1 is 0.414 bits per heavy atom. The first-order valence-electron chi connectivity index (χ1n) is 13.1. The molecule has 0 amide bonds. The summed E-state index contributed by atoms with van der Waals surface area (Å²) in [5.41, 5.74) is 5.65. The lowest BCUT2D eigenvalue weighted by molar-refractivity contribution is 0.254. The molecular formula is C25H58N4. The molecule has 0 heterocycles. The van der Waals surface area contributed by atoms with E-state index in [1.165, 1.54) is 142 Å². The number of hydrogen-bond acceptors (Lipinski definition) is 4. The second kappa shape index (κ2) is 30.0. The normalized spacial score (nSPS) is 11.0. The zero-order chi connectivity index (χ0) is 21.8. The van der Waals surface area contributed by atoms with Gasteiger partial charge in [-0.2, -0.15) is 0 Å². The van der Waals surface area contributed by atoms with Crippen LogP contribution in [0.3, 0.4) is 0 Å². The van der Waals surface area contributed by atoms with Crippen LogP contribution in [-0.4, -0.2) is 31.1 Å². The van der Waals surface area contributed by atoms with E-state index in [2.05, 4.69) is 30.4 Å². The van der Waals surface area contributed by atoms with E-state index in [-0.39, 0.29) is 0 Å². The van der Waals surface area contributed by atoms with Crippen LogP contribution in [0.25, 0.3) is 0 Å². The van der Waals surface area contributed by atoms with E-state index < -0.39 is 0 Å². The van der Waals surface area contributed by atoms with Gasteiger partial charge in [-0.05, 0) is 51.9 Å². The van der Waals surface area contributed by atoms with Crippen molar-refractivity contribution in [2.24, 2.45) is 17.4 Å². The summed E-state index contributed by atoms with van der Waals surface area (Å²) < 4.78 is 0. The monoisotopic (exact) mass is 414 g/mol. The fourth-order valence-electron chi connectivity index (χ4n) is 3.93. The minimum atomic E-state index is 0.857. The average Bonchev–Trinajstić information content (AvgIpc) is 2.75. The van der Waals surface area contributed by atoms with E-state index in [4.69, 9.17) is 5.73 Å². The van der Waals surface area contributed by atoms with Gasteiger partial charge < -0.3 is 10.6 Å². The van der Waals surface area contributed by atoms with Crippen molar-refractivity contribution in [3.63, 3.8) is 0 Å². The Labute approximate surface area is 184 Å². The van der Waals surface area contributed by atoms with Gasteiger partial charge in [-0.1, -0.05) is 110 Å². The summed E-state index contributed by atoms with van der Waals surface area (Å²) in [5.74, 6) is 8.00. The maximum atomic E-state index is 5.65. The summed E-state index contributed by atoms with van der Waals surface area (Å²) in [6, 6.07) is 0. The highest BCUT2D eigenvalue weighted by atomic mass is 15.1. The van der Waals surface area contributed by atoms with Gasteiger partial charge in [-0.15, -0.1) is 0 Å². The second-order valence-corrected chi connectivity index (χ2v) is 8.64. The van der Waals surface area contributed by atoms with Crippen LogP contribution in [0.2, 0.25) is 0 Å². The molecule has 0 aromatic heterocycles. The van der Waals surface area contributed by atoms with Gasteiger partial charge in [-0.3, -0.25) is 11.7 Å². The predicted octanol–water partition coefficient (Wildman–Crippen LogP) is 6.52. The molecule has 0 aliphatic carbocycles. The molecule has 0 bridgehead atoms. The van der Waals surface area contributed by atoms with Crippen LogP contribution in [-0.2, 0) is 0 Å². The van der Waals surface area contributed by atoms with Crippen molar-refractivity contribution in [3.05, 3.63) is 0 Å². The highest BCUT2D eigenvalue weighted by Gasteiger charge is 2.05. The van der Waals surface area contributed by atoms with E-state index in [9.17, 15) is 0 Å². The fourth-order valence-corrected chi connectivity index (χ4v) is 3.93. The van der Waals surface area contributed by atoms with Crippen molar-refractivity contribution in [2.45, 2.75) is 136 Å². The Kier molecular flexibility index (Phi) is 32.1. The largest absolute Gasteiger partial charge is 0.330 e. The summed E-state index contributed by atoms with van der Waals surface area (Å²) in [7, 11) is 0. The molecule has 178 valence electrons. The predicted molar refractivity (Wildman–Crippen MR) is 133 cm³/mol. The summed E-state index contributed by atoms with van der Waals surface area (Å²) in [6.45, 7) is 9.41. The molecule has 0 saturated carbocycles. The Morgan fingerprint density at radius 2 is 0.690 bits per heavy atom. The van der Waals surface area contributed by atoms with Crippen molar-refractivity contribution in [2.75, 3.05) is 26.2 Å². The van der Waals surface area contributed by atoms with E-state index in [1.54, 1.807) is 0 Å². The first-order valence-corrected chi connectivity index (χ1v) is 13.1. The van der Waals surface area contributed by atoms with Gasteiger partial charge in [0.2, 0.25) is 0 Å². The van der Waals surface area contributed by atoms with E-state index in [1.807, 2.05) is 0 Å². The van der Waals surface area contributed by atoms with Crippen molar-refractivity contribution in [1.82, 2.24) is 4.90 Å². The lowest BCUT2D eigenvalue weighted by Gasteiger charge is -2.22. The molecule has 0 rings (SSSR count). The molecule has 4 heteroatoms. The zero-order valence-corrected chi connectivity index (χ0v) is 20.4. The van der Waals surface area contributed by atoms with Crippen LogP contribution in [0.15, 0.2) is 0 Å². The fraction of sp³-hybridized carbons (Fsp3) is 1.00.